The molecule has 0 aliphatic heterocycles. The van der Waals surface area contributed by atoms with Crippen molar-refractivity contribution in [3.63, 3.8) is 0 Å². The molecule has 108 valence electrons. The van der Waals surface area contributed by atoms with Gasteiger partial charge in [0.25, 0.3) is 5.91 Å². The fourth-order valence-corrected chi connectivity index (χ4v) is 2.76. The van der Waals surface area contributed by atoms with Crippen LogP contribution in [0.3, 0.4) is 0 Å². The maximum absolute atomic E-state index is 12.3. The summed E-state index contributed by atoms with van der Waals surface area (Å²) >= 11 is 0. The number of benzene rings is 2. The van der Waals surface area contributed by atoms with Crippen LogP contribution in [0.15, 0.2) is 48.5 Å². The Morgan fingerprint density at radius 3 is 2.57 bits per heavy atom. The third-order valence-corrected chi connectivity index (χ3v) is 4.09. The van der Waals surface area contributed by atoms with E-state index in [1.807, 2.05) is 50.4 Å². The maximum Gasteiger partial charge on any atom is 0.251 e. The summed E-state index contributed by atoms with van der Waals surface area (Å²) in [7, 11) is 1.89. The van der Waals surface area contributed by atoms with Crippen LogP contribution in [0.1, 0.15) is 33.8 Å². The van der Waals surface area contributed by atoms with Crippen LogP contribution in [0.2, 0.25) is 0 Å². The van der Waals surface area contributed by atoms with Gasteiger partial charge in [-0.25, -0.2) is 0 Å². The topological polar surface area (TPSA) is 41.1 Å². The van der Waals surface area contributed by atoms with Crippen molar-refractivity contribution >= 4 is 11.6 Å². The van der Waals surface area contributed by atoms with E-state index in [-0.39, 0.29) is 11.9 Å². The van der Waals surface area contributed by atoms with Crippen molar-refractivity contribution in [3.05, 3.63) is 65.2 Å². The van der Waals surface area contributed by atoms with Crippen molar-refractivity contribution in [2.24, 2.45) is 0 Å². The van der Waals surface area contributed by atoms with Crippen molar-refractivity contribution in [1.29, 1.82) is 0 Å². The molecule has 1 fully saturated rings. The Labute approximate surface area is 125 Å². The smallest absolute Gasteiger partial charge is 0.251 e. The van der Waals surface area contributed by atoms with Gasteiger partial charge >= 0.3 is 0 Å². The summed E-state index contributed by atoms with van der Waals surface area (Å²) in [6.07, 6.45) is 1.03. The first-order chi connectivity index (χ1) is 10.2. The average molecular weight is 280 g/mol. The molecular weight excluding hydrogens is 260 g/mol. The average Bonchev–Trinajstić information content (AvgIpc) is 3.27. The normalized spacial score (nSPS) is 19.9. The Balaban J connectivity index is 1.64. The third-order valence-electron chi connectivity index (χ3n) is 4.09. The Kier molecular flexibility index (Phi) is 3.65. The van der Waals surface area contributed by atoms with Gasteiger partial charge in [-0.2, -0.15) is 0 Å². The standard InChI is InChI=1S/C18H20N2O/c1-12-10-14(8-9-16(12)19-2)18(21)20-17-11-15(17)13-6-4-3-5-7-13/h3-10,15,17,19H,11H2,1-2H3,(H,20,21). The number of hydrogen-bond donors (Lipinski definition) is 2. The minimum Gasteiger partial charge on any atom is -0.388 e. The monoisotopic (exact) mass is 280 g/mol. The largest absolute Gasteiger partial charge is 0.388 e. The Hall–Kier alpha value is -2.29. The molecule has 2 aromatic rings. The summed E-state index contributed by atoms with van der Waals surface area (Å²) in [4.78, 5) is 12.3. The van der Waals surface area contributed by atoms with Gasteiger partial charge in [0.05, 0.1) is 0 Å². The highest BCUT2D eigenvalue weighted by Gasteiger charge is 2.39. The van der Waals surface area contributed by atoms with Crippen molar-refractivity contribution < 1.29 is 4.79 Å². The summed E-state index contributed by atoms with van der Waals surface area (Å²) in [6.45, 7) is 2.01. The minimum absolute atomic E-state index is 0.0178. The highest BCUT2D eigenvalue weighted by molar-refractivity contribution is 5.95. The molecule has 2 atom stereocenters. The van der Waals surface area contributed by atoms with Gasteiger partial charge < -0.3 is 10.6 Å². The van der Waals surface area contributed by atoms with E-state index < -0.39 is 0 Å². The van der Waals surface area contributed by atoms with Crippen molar-refractivity contribution in [3.8, 4) is 0 Å². The first kappa shape index (κ1) is 13.7. The van der Waals surface area contributed by atoms with Crippen LogP contribution in [-0.2, 0) is 0 Å². The van der Waals surface area contributed by atoms with Crippen LogP contribution in [-0.4, -0.2) is 19.0 Å². The van der Waals surface area contributed by atoms with Crippen molar-refractivity contribution in [2.45, 2.75) is 25.3 Å². The van der Waals surface area contributed by atoms with Crippen LogP contribution < -0.4 is 10.6 Å². The second kappa shape index (κ2) is 5.60. The molecule has 0 spiro atoms. The van der Waals surface area contributed by atoms with Crippen molar-refractivity contribution in [2.75, 3.05) is 12.4 Å². The van der Waals surface area contributed by atoms with Crippen LogP contribution in [0.5, 0.6) is 0 Å². The van der Waals surface area contributed by atoms with Gasteiger partial charge in [0.1, 0.15) is 0 Å². The van der Waals surface area contributed by atoms with E-state index in [4.69, 9.17) is 0 Å². The molecule has 3 rings (SSSR count). The first-order valence-corrected chi connectivity index (χ1v) is 7.33. The third kappa shape index (κ3) is 2.92. The fourth-order valence-electron chi connectivity index (χ4n) is 2.76. The quantitative estimate of drug-likeness (QED) is 0.902. The minimum atomic E-state index is 0.0178. The summed E-state index contributed by atoms with van der Waals surface area (Å²) in [5, 5.41) is 6.24. The van der Waals surface area contributed by atoms with Gasteiger partial charge in [-0.15, -0.1) is 0 Å². The Bertz CT molecular complexity index is 652. The van der Waals surface area contributed by atoms with Crippen molar-refractivity contribution in [1.82, 2.24) is 5.32 Å². The van der Waals surface area contributed by atoms with E-state index in [0.29, 0.717) is 5.92 Å². The number of carbonyl (C=O) groups excluding carboxylic acids is 1. The second-order valence-electron chi connectivity index (χ2n) is 5.61. The Morgan fingerprint density at radius 1 is 1.14 bits per heavy atom. The van der Waals surface area contributed by atoms with E-state index in [9.17, 15) is 4.79 Å². The molecule has 1 saturated carbocycles. The number of aryl methyl sites for hydroxylation is 1. The lowest BCUT2D eigenvalue weighted by atomic mass is 10.1. The molecule has 2 N–H and O–H groups in total. The molecule has 0 aromatic heterocycles. The molecular formula is C18H20N2O. The molecule has 3 heteroatoms. The van der Waals surface area contributed by atoms with Crippen LogP contribution in [0.4, 0.5) is 5.69 Å². The summed E-state index contributed by atoms with van der Waals surface area (Å²) in [5.74, 6) is 0.483. The number of rotatable bonds is 4. The molecule has 1 amide bonds. The molecule has 0 radical (unpaired) electrons. The molecule has 0 heterocycles. The van der Waals surface area contributed by atoms with Gasteiger partial charge in [-0.1, -0.05) is 30.3 Å². The Morgan fingerprint density at radius 2 is 1.90 bits per heavy atom. The van der Waals surface area contributed by atoms with Crippen LogP contribution >= 0.6 is 0 Å². The number of hydrogen-bond acceptors (Lipinski definition) is 2. The second-order valence-corrected chi connectivity index (χ2v) is 5.61. The van der Waals surface area contributed by atoms with Gasteiger partial charge in [0.2, 0.25) is 0 Å². The van der Waals surface area contributed by atoms with E-state index >= 15 is 0 Å². The van der Waals surface area contributed by atoms with Gasteiger partial charge in [-0.05, 0) is 42.7 Å². The molecule has 0 saturated heterocycles. The number of nitrogens with one attached hydrogen (secondary N) is 2. The first-order valence-electron chi connectivity index (χ1n) is 7.33. The lowest BCUT2D eigenvalue weighted by Crippen LogP contribution is -2.26. The van der Waals surface area contributed by atoms with E-state index in [2.05, 4.69) is 22.8 Å². The maximum atomic E-state index is 12.3. The zero-order valence-corrected chi connectivity index (χ0v) is 12.4. The molecule has 0 bridgehead atoms. The predicted molar refractivity (Wildman–Crippen MR) is 85.8 cm³/mol. The summed E-state index contributed by atoms with van der Waals surface area (Å²) < 4.78 is 0. The molecule has 21 heavy (non-hydrogen) atoms. The highest BCUT2D eigenvalue weighted by atomic mass is 16.1. The lowest BCUT2D eigenvalue weighted by Gasteiger charge is -2.09. The number of amides is 1. The molecule has 3 nitrogen and oxygen atoms in total. The van der Waals surface area contributed by atoms with Gasteiger partial charge in [0, 0.05) is 30.3 Å². The van der Waals surface area contributed by atoms with Gasteiger partial charge in [0.15, 0.2) is 0 Å². The van der Waals surface area contributed by atoms with Gasteiger partial charge in [-0.3, -0.25) is 4.79 Å². The van der Waals surface area contributed by atoms with E-state index in [0.717, 1.165) is 23.2 Å². The van der Waals surface area contributed by atoms with E-state index in [1.165, 1.54) is 5.56 Å². The molecule has 1 aliphatic rings. The zero-order valence-electron chi connectivity index (χ0n) is 12.4. The van der Waals surface area contributed by atoms with Crippen LogP contribution in [0, 0.1) is 6.92 Å². The lowest BCUT2D eigenvalue weighted by molar-refractivity contribution is 0.0950. The SMILES string of the molecule is CNc1ccc(C(=O)NC2CC2c2ccccc2)cc1C. The van der Waals surface area contributed by atoms with E-state index in [1.54, 1.807) is 0 Å². The molecule has 1 aliphatic carbocycles. The fraction of sp³-hybridized carbons (Fsp3) is 0.278. The highest BCUT2D eigenvalue weighted by Crippen LogP contribution is 2.40. The summed E-state index contributed by atoms with van der Waals surface area (Å²) in [6, 6.07) is 16.4. The zero-order chi connectivity index (χ0) is 14.8. The predicted octanol–water partition coefficient (Wildman–Crippen LogP) is 3.32. The summed E-state index contributed by atoms with van der Waals surface area (Å²) in [5.41, 5.74) is 4.18. The number of anilines is 1. The molecule has 2 unspecified atom stereocenters. The molecule has 2 aromatic carbocycles. The van der Waals surface area contributed by atoms with Crippen LogP contribution in [0.25, 0.3) is 0 Å². The number of carbonyl (C=O) groups is 1.